The van der Waals surface area contributed by atoms with Gasteiger partial charge in [0.15, 0.2) is 0 Å². The Bertz CT molecular complexity index is 1530. The van der Waals surface area contributed by atoms with Gasteiger partial charge in [0.05, 0.1) is 23.5 Å². The Morgan fingerprint density at radius 2 is 1.73 bits per heavy atom. The molecule has 0 radical (unpaired) electrons. The number of piperazine rings is 1. The Morgan fingerprint density at radius 3 is 2.40 bits per heavy atom. The van der Waals surface area contributed by atoms with Crippen molar-refractivity contribution in [3.8, 4) is 17.7 Å². The summed E-state index contributed by atoms with van der Waals surface area (Å²) in [5, 5.41) is 11.8. The highest BCUT2D eigenvalue weighted by molar-refractivity contribution is 6.04. The van der Waals surface area contributed by atoms with Crippen LogP contribution in [0, 0.1) is 17.1 Å². The number of rotatable bonds is 7. The Balaban J connectivity index is 1.34. The van der Waals surface area contributed by atoms with Gasteiger partial charge in [0, 0.05) is 38.9 Å². The number of carbonyl (C=O) groups excluding carboxylic acids is 2. The standard InChI is InChI=1S/C30H25FN6O3/c31-23-8-4-22(5-9-23)20-36-13-15-37(16-14-36)30(39)26-17-24(35-28(38)27-3-1-2-12-33-27)19-34-29(26)40-25-10-6-21(18-32)7-11-25/h1-12,17,19H,13-16,20H2,(H,35,38). The zero-order valence-electron chi connectivity index (χ0n) is 21.5. The summed E-state index contributed by atoms with van der Waals surface area (Å²) in [7, 11) is 0. The predicted molar refractivity (Wildman–Crippen MR) is 145 cm³/mol. The molecule has 2 amide bonds. The van der Waals surface area contributed by atoms with Crippen molar-refractivity contribution in [3.05, 3.63) is 113 Å². The van der Waals surface area contributed by atoms with Crippen LogP contribution in [0.1, 0.15) is 32.0 Å². The van der Waals surface area contributed by atoms with E-state index in [4.69, 9.17) is 10.00 Å². The fourth-order valence-electron chi connectivity index (χ4n) is 4.28. The molecule has 1 saturated heterocycles. The van der Waals surface area contributed by atoms with Gasteiger partial charge in [0.1, 0.15) is 22.8 Å². The summed E-state index contributed by atoms with van der Waals surface area (Å²) in [6, 6.07) is 21.5. The third-order valence-corrected chi connectivity index (χ3v) is 6.41. The molecule has 10 heteroatoms. The van der Waals surface area contributed by atoms with E-state index in [0.29, 0.717) is 49.7 Å². The molecule has 0 bridgehead atoms. The molecule has 0 saturated carbocycles. The lowest BCUT2D eigenvalue weighted by molar-refractivity contribution is 0.0625. The normalized spacial score (nSPS) is 13.3. The van der Waals surface area contributed by atoms with Gasteiger partial charge in [-0.2, -0.15) is 5.26 Å². The van der Waals surface area contributed by atoms with Gasteiger partial charge in [-0.3, -0.25) is 19.5 Å². The van der Waals surface area contributed by atoms with Crippen LogP contribution < -0.4 is 10.1 Å². The van der Waals surface area contributed by atoms with Crippen molar-refractivity contribution in [1.29, 1.82) is 5.26 Å². The first-order valence-corrected chi connectivity index (χ1v) is 12.6. The SMILES string of the molecule is N#Cc1ccc(Oc2ncc(NC(=O)c3ccccn3)cc2C(=O)N2CCN(Cc3ccc(F)cc3)CC2)cc1. The minimum atomic E-state index is -0.434. The molecule has 1 aliphatic rings. The first kappa shape index (κ1) is 26.5. The Labute approximate surface area is 230 Å². The van der Waals surface area contributed by atoms with Crippen molar-refractivity contribution in [1.82, 2.24) is 19.8 Å². The number of hydrogen-bond acceptors (Lipinski definition) is 7. The summed E-state index contributed by atoms with van der Waals surface area (Å²) in [5.41, 5.74) is 2.21. The number of pyridine rings is 2. The summed E-state index contributed by atoms with van der Waals surface area (Å²) in [5.74, 6) is -0.498. The molecule has 0 aliphatic carbocycles. The van der Waals surface area contributed by atoms with Crippen LogP contribution in [0.3, 0.4) is 0 Å². The molecule has 2 aromatic heterocycles. The third kappa shape index (κ3) is 6.46. The summed E-state index contributed by atoms with van der Waals surface area (Å²) in [6.45, 7) is 2.88. The topological polar surface area (TPSA) is 111 Å². The van der Waals surface area contributed by atoms with Crippen LogP contribution in [0.5, 0.6) is 11.6 Å². The first-order chi connectivity index (χ1) is 19.5. The quantitative estimate of drug-likeness (QED) is 0.370. The highest BCUT2D eigenvalue weighted by atomic mass is 19.1. The molecule has 40 heavy (non-hydrogen) atoms. The smallest absolute Gasteiger partial charge is 0.274 e. The van der Waals surface area contributed by atoms with E-state index in [0.717, 1.165) is 5.56 Å². The predicted octanol–water partition coefficient (Wildman–Crippen LogP) is 4.49. The maximum Gasteiger partial charge on any atom is 0.274 e. The van der Waals surface area contributed by atoms with Gasteiger partial charge in [0.25, 0.3) is 11.8 Å². The number of amides is 2. The third-order valence-electron chi connectivity index (χ3n) is 6.41. The summed E-state index contributed by atoms with van der Waals surface area (Å²) < 4.78 is 19.2. The van der Waals surface area contributed by atoms with E-state index in [1.54, 1.807) is 65.6 Å². The van der Waals surface area contributed by atoms with Gasteiger partial charge in [-0.05, 0) is 60.2 Å². The number of anilines is 1. The Morgan fingerprint density at radius 1 is 0.975 bits per heavy atom. The molecule has 200 valence electrons. The minimum Gasteiger partial charge on any atom is -0.438 e. The second kappa shape index (κ2) is 12.1. The molecule has 0 spiro atoms. The average molecular weight is 537 g/mol. The van der Waals surface area contributed by atoms with Gasteiger partial charge in [-0.15, -0.1) is 0 Å². The van der Waals surface area contributed by atoms with Crippen molar-refractivity contribution in [2.45, 2.75) is 6.54 Å². The van der Waals surface area contributed by atoms with Crippen molar-refractivity contribution in [3.63, 3.8) is 0 Å². The lowest BCUT2D eigenvalue weighted by Crippen LogP contribution is -2.48. The summed E-state index contributed by atoms with van der Waals surface area (Å²) >= 11 is 0. The van der Waals surface area contributed by atoms with Crippen LogP contribution in [0.2, 0.25) is 0 Å². The van der Waals surface area contributed by atoms with E-state index >= 15 is 0 Å². The number of hydrogen-bond donors (Lipinski definition) is 1. The Kier molecular flexibility index (Phi) is 8.04. The van der Waals surface area contributed by atoms with Gasteiger partial charge >= 0.3 is 0 Å². The number of halogens is 1. The van der Waals surface area contributed by atoms with Crippen molar-refractivity contribution < 1.29 is 18.7 Å². The molecular weight excluding hydrogens is 511 g/mol. The first-order valence-electron chi connectivity index (χ1n) is 12.6. The van der Waals surface area contributed by atoms with Gasteiger partial charge < -0.3 is 15.0 Å². The van der Waals surface area contributed by atoms with Crippen molar-refractivity contribution in [2.75, 3.05) is 31.5 Å². The molecule has 2 aromatic carbocycles. The van der Waals surface area contributed by atoms with Gasteiger partial charge in [-0.1, -0.05) is 18.2 Å². The van der Waals surface area contributed by atoms with Gasteiger partial charge in [-0.25, -0.2) is 9.37 Å². The number of nitrogens with one attached hydrogen (secondary N) is 1. The monoisotopic (exact) mass is 536 g/mol. The number of aromatic nitrogens is 2. The molecule has 0 unspecified atom stereocenters. The molecule has 0 atom stereocenters. The maximum atomic E-state index is 13.7. The van der Waals surface area contributed by atoms with E-state index in [9.17, 15) is 14.0 Å². The van der Waals surface area contributed by atoms with Crippen LogP contribution in [-0.2, 0) is 6.54 Å². The lowest BCUT2D eigenvalue weighted by Gasteiger charge is -2.35. The summed E-state index contributed by atoms with van der Waals surface area (Å²) in [4.78, 5) is 38.7. The fraction of sp³-hybridized carbons (Fsp3) is 0.167. The van der Waals surface area contributed by atoms with Crippen LogP contribution >= 0.6 is 0 Å². The molecule has 4 aromatic rings. The molecule has 3 heterocycles. The second-order valence-electron chi connectivity index (χ2n) is 9.18. The highest BCUT2D eigenvalue weighted by Gasteiger charge is 2.26. The van der Waals surface area contributed by atoms with E-state index in [2.05, 4.69) is 26.3 Å². The Hall–Kier alpha value is -5.14. The van der Waals surface area contributed by atoms with Crippen LogP contribution in [0.15, 0.2) is 85.2 Å². The van der Waals surface area contributed by atoms with E-state index in [-0.39, 0.29) is 28.9 Å². The van der Waals surface area contributed by atoms with Gasteiger partial charge in [0.2, 0.25) is 5.88 Å². The summed E-state index contributed by atoms with van der Waals surface area (Å²) in [6.07, 6.45) is 2.93. The van der Waals surface area contributed by atoms with E-state index in [1.807, 2.05) is 0 Å². The van der Waals surface area contributed by atoms with Crippen LogP contribution in [0.4, 0.5) is 10.1 Å². The molecule has 9 nitrogen and oxygen atoms in total. The number of nitriles is 1. The largest absolute Gasteiger partial charge is 0.438 e. The second-order valence-corrected chi connectivity index (χ2v) is 9.18. The highest BCUT2D eigenvalue weighted by Crippen LogP contribution is 2.27. The van der Waals surface area contributed by atoms with Crippen LogP contribution in [0.25, 0.3) is 0 Å². The molecule has 5 rings (SSSR count). The maximum absolute atomic E-state index is 13.7. The fourth-order valence-corrected chi connectivity index (χ4v) is 4.28. The van der Waals surface area contributed by atoms with E-state index in [1.165, 1.54) is 24.5 Å². The number of benzene rings is 2. The number of nitrogens with zero attached hydrogens (tertiary/aromatic N) is 5. The van der Waals surface area contributed by atoms with Crippen molar-refractivity contribution >= 4 is 17.5 Å². The zero-order valence-corrected chi connectivity index (χ0v) is 21.5. The minimum absolute atomic E-state index is 0.0827. The average Bonchev–Trinajstić information content (AvgIpc) is 3.00. The van der Waals surface area contributed by atoms with Crippen molar-refractivity contribution in [2.24, 2.45) is 0 Å². The molecule has 1 fully saturated rings. The number of carbonyl (C=O) groups is 2. The van der Waals surface area contributed by atoms with E-state index < -0.39 is 5.91 Å². The van der Waals surface area contributed by atoms with Crippen LogP contribution in [-0.4, -0.2) is 57.8 Å². The lowest BCUT2D eigenvalue weighted by atomic mass is 10.1. The number of ether oxygens (including phenoxy) is 1. The zero-order chi connectivity index (χ0) is 27.9. The molecular formula is C30H25FN6O3. The molecule has 1 aliphatic heterocycles. The molecule has 1 N–H and O–H groups in total.